The van der Waals surface area contributed by atoms with Gasteiger partial charge in [-0.05, 0) is 20.8 Å². The highest BCUT2D eigenvalue weighted by atomic mass is 15.0. The zero-order chi connectivity index (χ0) is 6.28. The lowest BCUT2D eigenvalue weighted by Gasteiger charge is -1.74. The Labute approximate surface area is 45.2 Å². The maximum atomic E-state index is 4.00. The second kappa shape index (κ2) is 9.18. The minimum absolute atomic E-state index is 1.38. The molecule has 0 bridgehead atoms. The Balaban J connectivity index is 0. The molecular weight excluding hydrogens is 88.1 g/mol. The number of allylic oxidation sites excluding steroid dienone is 2. The first-order valence-electron chi connectivity index (χ1n) is 2.20. The number of hydrazine groups is 1. The van der Waals surface area contributed by atoms with E-state index < -0.39 is 0 Å². The van der Waals surface area contributed by atoms with E-state index in [1.165, 1.54) is 5.57 Å². The van der Waals surface area contributed by atoms with Crippen LogP contribution >= 0.6 is 0 Å². The van der Waals surface area contributed by atoms with E-state index >= 15 is 0 Å². The third kappa shape index (κ3) is 27.5. The maximum Gasteiger partial charge on any atom is -0.0442 e. The van der Waals surface area contributed by atoms with Crippen LogP contribution in [0.5, 0.6) is 0 Å². The molecule has 2 nitrogen and oxygen atoms in total. The van der Waals surface area contributed by atoms with Crippen molar-refractivity contribution in [1.82, 2.24) is 0 Å². The van der Waals surface area contributed by atoms with Crippen LogP contribution in [0.2, 0.25) is 0 Å². The Morgan fingerprint density at radius 3 is 1.43 bits per heavy atom. The van der Waals surface area contributed by atoms with Crippen molar-refractivity contribution >= 4 is 0 Å². The maximum absolute atomic E-state index is 4.00. The van der Waals surface area contributed by atoms with Crippen LogP contribution in [0.25, 0.3) is 0 Å². The summed E-state index contributed by atoms with van der Waals surface area (Å²) in [5, 5.41) is 0. The van der Waals surface area contributed by atoms with Crippen molar-refractivity contribution in [2.45, 2.75) is 20.8 Å². The predicted molar refractivity (Wildman–Crippen MR) is 33.5 cm³/mol. The minimum Gasteiger partial charge on any atom is -0.274 e. The zero-order valence-electron chi connectivity index (χ0n) is 5.23. The van der Waals surface area contributed by atoms with Crippen LogP contribution < -0.4 is 11.7 Å². The third-order valence-corrected chi connectivity index (χ3v) is 0.577. The molecule has 44 valence electrons. The monoisotopic (exact) mass is 102 g/mol. The van der Waals surface area contributed by atoms with Gasteiger partial charge >= 0.3 is 0 Å². The summed E-state index contributed by atoms with van der Waals surface area (Å²) in [4.78, 5) is 0. The molecule has 0 aliphatic rings. The van der Waals surface area contributed by atoms with Crippen molar-refractivity contribution in [3.8, 4) is 0 Å². The normalized spacial score (nSPS) is 5.86. The Morgan fingerprint density at radius 1 is 1.29 bits per heavy atom. The van der Waals surface area contributed by atoms with Crippen LogP contribution in [0.15, 0.2) is 11.6 Å². The number of rotatable bonds is 0. The molecule has 0 aromatic heterocycles. The lowest BCUT2D eigenvalue weighted by atomic mass is 10.3. The Hall–Kier alpha value is -0.340. The van der Waals surface area contributed by atoms with Crippen molar-refractivity contribution in [2.24, 2.45) is 11.7 Å². The van der Waals surface area contributed by atoms with Crippen LogP contribution in [-0.2, 0) is 0 Å². The van der Waals surface area contributed by atoms with Crippen LogP contribution in [0.4, 0.5) is 0 Å². The fourth-order valence-electron chi connectivity index (χ4n) is 0. The Kier molecular flexibility index (Phi) is 12.9. The van der Waals surface area contributed by atoms with Crippen LogP contribution in [0.1, 0.15) is 20.8 Å². The van der Waals surface area contributed by atoms with Crippen molar-refractivity contribution in [3.63, 3.8) is 0 Å². The molecule has 0 saturated heterocycles. The van der Waals surface area contributed by atoms with E-state index in [1.54, 1.807) is 0 Å². The van der Waals surface area contributed by atoms with Gasteiger partial charge in [0.2, 0.25) is 0 Å². The van der Waals surface area contributed by atoms with E-state index in [9.17, 15) is 0 Å². The quantitative estimate of drug-likeness (QED) is 0.270. The first-order chi connectivity index (χ1) is 3.27. The van der Waals surface area contributed by atoms with Gasteiger partial charge in [0.15, 0.2) is 0 Å². The summed E-state index contributed by atoms with van der Waals surface area (Å²) in [7, 11) is 0. The molecule has 0 fully saturated rings. The summed E-state index contributed by atoms with van der Waals surface area (Å²) in [6.07, 6.45) is 2.08. The standard InChI is InChI=1S/C5H10.H4N2/c1-4-5(2)3;1-2/h4H,1-3H3;1-2H2. The molecule has 7 heavy (non-hydrogen) atoms. The van der Waals surface area contributed by atoms with Crippen molar-refractivity contribution in [3.05, 3.63) is 11.6 Å². The van der Waals surface area contributed by atoms with Gasteiger partial charge in [-0.15, -0.1) is 0 Å². The highest BCUT2D eigenvalue weighted by Gasteiger charge is 1.60. The zero-order valence-corrected chi connectivity index (χ0v) is 5.23. The molecule has 0 aliphatic carbocycles. The number of hydrogen-bond donors (Lipinski definition) is 2. The summed E-state index contributed by atoms with van der Waals surface area (Å²) >= 11 is 0. The molecule has 0 radical (unpaired) electrons. The second-order valence-electron chi connectivity index (χ2n) is 1.37. The molecule has 0 unspecified atom stereocenters. The molecule has 4 N–H and O–H groups in total. The summed E-state index contributed by atoms with van der Waals surface area (Å²) < 4.78 is 0. The highest BCUT2D eigenvalue weighted by molar-refractivity contribution is 4.88. The predicted octanol–water partition coefficient (Wildman–Crippen LogP) is 0.791. The SMILES string of the molecule is CC=C(C)C.NN. The van der Waals surface area contributed by atoms with E-state index in [4.69, 9.17) is 0 Å². The topological polar surface area (TPSA) is 52.0 Å². The van der Waals surface area contributed by atoms with Gasteiger partial charge < -0.3 is 0 Å². The van der Waals surface area contributed by atoms with Crippen molar-refractivity contribution < 1.29 is 0 Å². The van der Waals surface area contributed by atoms with Gasteiger partial charge in [-0.1, -0.05) is 11.6 Å². The Bertz CT molecular complexity index is 44.0. The molecule has 0 amide bonds. The van der Waals surface area contributed by atoms with Crippen LogP contribution in [-0.4, -0.2) is 0 Å². The summed E-state index contributed by atoms with van der Waals surface area (Å²) in [6.45, 7) is 6.20. The average molecular weight is 102 g/mol. The van der Waals surface area contributed by atoms with E-state index in [-0.39, 0.29) is 0 Å². The third-order valence-electron chi connectivity index (χ3n) is 0.577. The molecule has 0 aromatic carbocycles. The number of nitrogens with two attached hydrogens (primary N) is 2. The average Bonchev–Trinajstić information content (AvgIpc) is 1.73. The van der Waals surface area contributed by atoms with Gasteiger partial charge in [0, 0.05) is 0 Å². The summed E-state index contributed by atoms with van der Waals surface area (Å²) in [5.74, 6) is 8.00. The van der Waals surface area contributed by atoms with E-state index in [0.29, 0.717) is 0 Å². The number of hydrogen-bond acceptors (Lipinski definition) is 2. The van der Waals surface area contributed by atoms with Crippen molar-refractivity contribution in [1.29, 1.82) is 0 Å². The molecule has 0 spiro atoms. The van der Waals surface area contributed by atoms with E-state index in [0.717, 1.165) is 0 Å². The molecule has 2 heteroatoms. The van der Waals surface area contributed by atoms with E-state index in [2.05, 4.69) is 31.6 Å². The van der Waals surface area contributed by atoms with Crippen molar-refractivity contribution in [2.75, 3.05) is 0 Å². The first-order valence-corrected chi connectivity index (χ1v) is 2.20. The van der Waals surface area contributed by atoms with Gasteiger partial charge in [-0.25, -0.2) is 0 Å². The summed E-state index contributed by atoms with van der Waals surface area (Å²) in [6, 6.07) is 0. The fraction of sp³-hybridized carbons (Fsp3) is 0.600. The smallest absolute Gasteiger partial charge is 0.0442 e. The molecule has 0 aliphatic heterocycles. The molecule has 0 heterocycles. The lowest BCUT2D eigenvalue weighted by Crippen LogP contribution is -2.02. The van der Waals surface area contributed by atoms with Gasteiger partial charge in [0.05, 0.1) is 0 Å². The molecular formula is C5H14N2. The molecule has 0 atom stereocenters. The van der Waals surface area contributed by atoms with Gasteiger partial charge in [0.25, 0.3) is 0 Å². The largest absolute Gasteiger partial charge is 0.274 e. The van der Waals surface area contributed by atoms with Crippen LogP contribution in [0.3, 0.4) is 0 Å². The Morgan fingerprint density at radius 2 is 1.43 bits per heavy atom. The van der Waals surface area contributed by atoms with Gasteiger partial charge in [-0.2, -0.15) is 0 Å². The van der Waals surface area contributed by atoms with E-state index in [1.807, 2.05) is 6.92 Å². The van der Waals surface area contributed by atoms with Gasteiger partial charge in [0.1, 0.15) is 0 Å². The van der Waals surface area contributed by atoms with Crippen LogP contribution in [0, 0.1) is 0 Å². The highest BCUT2D eigenvalue weighted by Crippen LogP contribution is 1.82. The first kappa shape index (κ1) is 9.83. The summed E-state index contributed by atoms with van der Waals surface area (Å²) in [5.41, 5.74) is 1.38. The molecule has 0 saturated carbocycles. The fourth-order valence-corrected chi connectivity index (χ4v) is 0. The minimum atomic E-state index is 1.38. The molecule has 0 aromatic rings. The lowest BCUT2D eigenvalue weighted by molar-refractivity contribution is 1.26. The molecule has 0 rings (SSSR count). The second-order valence-corrected chi connectivity index (χ2v) is 1.37. The van der Waals surface area contributed by atoms with Gasteiger partial charge in [-0.3, -0.25) is 11.7 Å².